The molecule has 8 heteroatoms. The Hall–Kier alpha value is -3.39. The molecule has 1 saturated heterocycles. The van der Waals surface area contributed by atoms with Crippen molar-refractivity contribution in [1.82, 2.24) is 14.5 Å². The van der Waals surface area contributed by atoms with Crippen LogP contribution in [0.3, 0.4) is 0 Å². The highest BCUT2D eigenvalue weighted by molar-refractivity contribution is 5.92. The Morgan fingerprint density at radius 1 is 1.13 bits per heavy atom. The lowest BCUT2D eigenvalue weighted by Crippen LogP contribution is -2.49. The summed E-state index contributed by atoms with van der Waals surface area (Å²) < 4.78 is 21.2. The molecule has 0 atom stereocenters. The van der Waals surface area contributed by atoms with Gasteiger partial charge in [-0.2, -0.15) is 0 Å². The molecule has 1 fully saturated rings. The molecule has 2 heterocycles. The van der Waals surface area contributed by atoms with E-state index in [0.717, 1.165) is 13.1 Å². The van der Waals surface area contributed by atoms with Gasteiger partial charge in [0, 0.05) is 50.3 Å². The number of hydrogen-bond acceptors (Lipinski definition) is 5. The molecule has 1 N–H and O–H groups in total. The lowest BCUT2D eigenvalue weighted by atomic mass is 10.3. The number of aromatic nitrogens is 2. The molecule has 4 rings (SSSR count). The number of piperazine rings is 1. The number of carbonyl (C=O) groups is 1. The minimum absolute atomic E-state index is 0.0652. The van der Waals surface area contributed by atoms with Crippen LogP contribution in [0.25, 0.3) is 5.69 Å². The maximum atomic E-state index is 14.2. The summed E-state index contributed by atoms with van der Waals surface area (Å²) in [6.45, 7) is 3.16. The van der Waals surface area contributed by atoms with E-state index in [2.05, 4.69) is 20.1 Å². The highest BCUT2D eigenvalue weighted by Crippen LogP contribution is 2.22. The van der Waals surface area contributed by atoms with Crippen LogP contribution in [0.15, 0.2) is 60.9 Å². The number of nitrogens with zero attached hydrogens (tertiary/aromatic N) is 4. The summed E-state index contributed by atoms with van der Waals surface area (Å²) in [6, 6.07) is 14.0. The zero-order valence-electron chi connectivity index (χ0n) is 16.8. The number of hydrogen-bond donors (Lipinski definition) is 1. The number of para-hydroxylation sites is 1. The third-order valence-electron chi connectivity index (χ3n) is 5.11. The van der Waals surface area contributed by atoms with Crippen molar-refractivity contribution in [3.8, 4) is 11.4 Å². The quantitative estimate of drug-likeness (QED) is 0.678. The average Bonchev–Trinajstić information content (AvgIpc) is 3.24. The van der Waals surface area contributed by atoms with Gasteiger partial charge in [0.25, 0.3) is 0 Å². The first-order valence-electron chi connectivity index (χ1n) is 9.83. The molecule has 0 unspecified atom stereocenters. The van der Waals surface area contributed by atoms with Crippen LogP contribution in [0.5, 0.6) is 5.75 Å². The first-order chi connectivity index (χ1) is 14.6. The van der Waals surface area contributed by atoms with Crippen molar-refractivity contribution in [3.05, 3.63) is 66.7 Å². The van der Waals surface area contributed by atoms with Crippen LogP contribution < -0.4 is 15.0 Å². The van der Waals surface area contributed by atoms with E-state index in [1.165, 1.54) is 6.07 Å². The number of benzene rings is 2. The van der Waals surface area contributed by atoms with E-state index in [9.17, 15) is 9.18 Å². The molecule has 7 nitrogen and oxygen atoms in total. The smallest absolute Gasteiger partial charge is 0.238 e. The second kappa shape index (κ2) is 8.96. The molecule has 156 valence electrons. The van der Waals surface area contributed by atoms with Crippen molar-refractivity contribution in [2.45, 2.75) is 0 Å². The molecule has 30 heavy (non-hydrogen) atoms. The van der Waals surface area contributed by atoms with Gasteiger partial charge in [0.1, 0.15) is 11.6 Å². The molecule has 1 aliphatic rings. The van der Waals surface area contributed by atoms with Gasteiger partial charge in [-0.15, -0.1) is 0 Å². The van der Waals surface area contributed by atoms with Crippen molar-refractivity contribution in [1.29, 1.82) is 0 Å². The Morgan fingerprint density at radius 3 is 2.70 bits per heavy atom. The molecule has 0 bridgehead atoms. The first kappa shape index (κ1) is 19.9. The van der Waals surface area contributed by atoms with Crippen molar-refractivity contribution >= 4 is 17.5 Å². The summed E-state index contributed by atoms with van der Waals surface area (Å²) in [4.78, 5) is 21.0. The first-order valence-corrected chi connectivity index (χ1v) is 9.83. The number of nitrogens with one attached hydrogen (secondary N) is 1. The largest absolute Gasteiger partial charge is 0.497 e. The molecule has 0 radical (unpaired) electrons. The van der Waals surface area contributed by atoms with Gasteiger partial charge in [-0.1, -0.05) is 18.2 Å². The number of rotatable bonds is 6. The summed E-state index contributed by atoms with van der Waals surface area (Å²) in [7, 11) is 1.60. The summed E-state index contributed by atoms with van der Waals surface area (Å²) in [5.74, 6) is 1.06. The van der Waals surface area contributed by atoms with Gasteiger partial charge < -0.3 is 15.0 Å². The molecule has 0 spiro atoms. The Balaban J connectivity index is 1.34. The van der Waals surface area contributed by atoms with Crippen LogP contribution in [-0.2, 0) is 4.79 Å². The van der Waals surface area contributed by atoms with Crippen LogP contribution in [0.4, 0.5) is 16.0 Å². The fourth-order valence-corrected chi connectivity index (χ4v) is 3.58. The molecule has 3 aromatic rings. The van der Waals surface area contributed by atoms with Crippen LogP contribution in [-0.4, -0.2) is 60.2 Å². The number of anilines is 2. The number of carbonyl (C=O) groups excluding carboxylic acids is 1. The van der Waals surface area contributed by atoms with Gasteiger partial charge in [-0.25, -0.2) is 9.37 Å². The highest BCUT2D eigenvalue weighted by Gasteiger charge is 2.23. The van der Waals surface area contributed by atoms with Gasteiger partial charge >= 0.3 is 0 Å². The molecule has 0 saturated carbocycles. The fourth-order valence-electron chi connectivity index (χ4n) is 3.58. The molecular weight excluding hydrogens is 385 g/mol. The predicted octanol–water partition coefficient (Wildman–Crippen LogP) is 2.78. The van der Waals surface area contributed by atoms with Gasteiger partial charge in [0.05, 0.1) is 19.3 Å². The van der Waals surface area contributed by atoms with Crippen molar-refractivity contribution in [2.24, 2.45) is 0 Å². The van der Waals surface area contributed by atoms with E-state index in [-0.39, 0.29) is 11.7 Å². The predicted molar refractivity (Wildman–Crippen MR) is 114 cm³/mol. The summed E-state index contributed by atoms with van der Waals surface area (Å²) >= 11 is 0. The summed E-state index contributed by atoms with van der Waals surface area (Å²) in [5.41, 5.74) is 1.19. The third kappa shape index (κ3) is 4.44. The van der Waals surface area contributed by atoms with E-state index < -0.39 is 0 Å². The number of amides is 1. The third-order valence-corrected chi connectivity index (χ3v) is 5.11. The van der Waals surface area contributed by atoms with Crippen LogP contribution in [0.1, 0.15) is 0 Å². The van der Waals surface area contributed by atoms with E-state index >= 15 is 0 Å². The molecule has 2 aromatic carbocycles. The van der Waals surface area contributed by atoms with Gasteiger partial charge in [-0.3, -0.25) is 14.3 Å². The van der Waals surface area contributed by atoms with Gasteiger partial charge in [-0.05, 0) is 24.3 Å². The zero-order valence-corrected chi connectivity index (χ0v) is 16.8. The highest BCUT2D eigenvalue weighted by atomic mass is 19.1. The second-order valence-electron chi connectivity index (χ2n) is 7.09. The molecular formula is C22H24FN5O2. The molecule has 0 aliphatic carbocycles. The normalized spacial score (nSPS) is 14.5. The standard InChI is InChI=1S/C22H24FN5O2/c1-30-18-6-4-5-17(15-18)25-21(29)16-26-11-13-27(14-12-26)22-24-9-10-28(22)20-8-3-2-7-19(20)23/h2-10,15H,11-14,16H2,1H3,(H,25,29). The Morgan fingerprint density at radius 2 is 1.93 bits per heavy atom. The Bertz CT molecular complexity index is 1010. The average molecular weight is 409 g/mol. The summed E-state index contributed by atoms with van der Waals surface area (Å²) in [5, 5.41) is 2.91. The van der Waals surface area contributed by atoms with Crippen LogP contribution in [0, 0.1) is 5.82 Å². The van der Waals surface area contributed by atoms with E-state index in [4.69, 9.17) is 4.74 Å². The summed E-state index contributed by atoms with van der Waals surface area (Å²) in [6.07, 6.45) is 3.44. The number of halogens is 1. The van der Waals surface area contributed by atoms with Gasteiger partial charge in [0.2, 0.25) is 11.9 Å². The zero-order chi connectivity index (χ0) is 20.9. The molecule has 1 aromatic heterocycles. The number of methoxy groups -OCH3 is 1. The minimum Gasteiger partial charge on any atom is -0.497 e. The van der Waals surface area contributed by atoms with E-state index in [1.54, 1.807) is 48.3 Å². The topological polar surface area (TPSA) is 62.6 Å². The van der Waals surface area contributed by atoms with Crippen molar-refractivity contribution in [2.75, 3.05) is 50.1 Å². The van der Waals surface area contributed by atoms with Crippen LogP contribution >= 0.6 is 0 Å². The SMILES string of the molecule is COc1cccc(NC(=O)CN2CCN(c3nccn3-c3ccccc3F)CC2)c1. The number of ether oxygens (including phenoxy) is 1. The van der Waals surface area contributed by atoms with Crippen molar-refractivity contribution in [3.63, 3.8) is 0 Å². The lowest BCUT2D eigenvalue weighted by molar-refractivity contribution is -0.117. The monoisotopic (exact) mass is 409 g/mol. The maximum absolute atomic E-state index is 14.2. The Kier molecular flexibility index (Phi) is 5.94. The minimum atomic E-state index is -0.287. The van der Waals surface area contributed by atoms with Crippen molar-refractivity contribution < 1.29 is 13.9 Å². The van der Waals surface area contributed by atoms with Gasteiger partial charge in [0.15, 0.2) is 0 Å². The number of imidazole rings is 1. The maximum Gasteiger partial charge on any atom is 0.238 e. The Labute approximate surface area is 174 Å². The van der Waals surface area contributed by atoms with E-state index in [0.29, 0.717) is 42.7 Å². The molecule has 1 aliphatic heterocycles. The van der Waals surface area contributed by atoms with Crippen LogP contribution in [0.2, 0.25) is 0 Å². The van der Waals surface area contributed by atoms with E-state index in [1.807, 2.05) is 18.2 Å². The molecule has 1 amide bonds. The fraction of sp³-hybridized carbons (Fsp3) is 0.273. The second-order valence-corrected chi connectivity index (χ2v) is 7.09. The lowest BCUT2D eigenvalue weighted by Gasteiger charge is -2.35.